The van der Waals surface area contributed by atoms with Crippen molar-refractivity contribution < 1.29 is 17.9 Å². The number of rotatable bonds is 5. The molecule has 0 bridgehead atoms. The summed E-state index contributed by atoms with van der Waals surface area (Å²) in [5, 5.41) is 2.85. The summed E-state index contributed by atoms with van der Waals surface area (Å²) >= 11 is 5.94. The molecule has 0 aliphatic carbocycles. The Kier molecular flexibility index (Phi) is 5.82. The zero-order chi connectivity index (χ0) is 15.5. The summed E-state index contributed by atoms with van der Waals surface area (Å²) < 4.78 is 27.6. The zero-order valence-corrected chi connectivity index (χ0v) is 13.6. The van der Waals surface area contributed by atoms with Gasteiger partial charge in [-0.25, -0.2) is 8.42 Å². The molecular weight excluding hydrogens is 325 g/mol. The van der Waals surface area contributed by atoms with E-state index in [9.17, 15) is 13.2 Å². The van der Waals surface area contributed by atoms with E-state index in [4.69, 9.17) is 27.0 Å². The van der Waals surface area contributed by atoms with E-state index in [1.54, 1.807) is 13.8 Å². The fourth-order valence-corrected chi connectivity index (χ4v) is 2.69. The molecule has 0 heterocycles. The van der Waals surface area contributed by atoms with Crippen LogP contribution in [0.1, 0.15) is 22.8 Å². The predicted octanol–water partition coefficient (Wildman–Crippen LogP) is 2.34. The summed E-state index contributed by atoms with van der Waals surface area (Å²) in [4.78, 5) is 11.9. The largest absolute Gasteiger partial charge is 0.383 e. The van der Waals surface area contributed by atoms with Gasteiger partial charge in [-0.05, 0) is 31.5 Å². The first-order chi connectivity index (χ1) is 9.16. The van der Waals surface area contributed by atoms with Gasteiger partial charge in [0.2, 0.25) is 0 Å². The molecule has 0 aromatic heterocycles. The number of amides is 1. The molecule has 20 heavy (non-hydrogen) atoms. The van der Waals surface area contributed by atoms with Crippen LogP contribution in [0.4, 0.5) is 0 Å². The molecule has 112 valence electrons. The van der Waals surface area contributed by atoms with Crippen LogP contribution in [0.25, 0.3) is 0 Å². The first kappa shape index (κ1) is 17.2. The van der Waals surface area contributed by atoms with Crippen LogP contribution < -0.4 is 5.32 Å². The SMILES string of the molecule is COCC(C)NC(=O)c1cc(S(=O)(=O)Cl)cc(Cl)c1C. The summed E-state index contributed by atoms with van der Waals surface area (Å²) in [5.41, 5.74) is 0.650. The Balaban J connectivity index is 3.17. The Hall–Kier alpha value is -0.820. The third kappa shape index (κ3) is 4.34. The van der Waals surface area contributed by atoms with Crippen LogP contribution in [0.15, 0.2) is 17.0 Å². The van der Waals surface area contributed by atoms with Crippen LogP contribution in [0.2, 0.25) is 5.02 Å². The molecule has 1 unspecified atom stereocenters. The minimum Gasteiger partial charge on any atom is -0.383 e. The van der Waals surface area contributed by atoms with E-state index in [1.165, 1.54) is 19.2 Å². The van der Waals surface area contributed by atoms with Gasteiger partial charge in [-0.1, -0.05) is 11.6 Å². The standard InChI is InChI=1S/C12H15Cl2NO4S/c1-7(6-19-3)15-12(16)10-4-9(20(14,17)18)5-11(13)8(10)2/h4-5,7H,6H2,1-3H3,(H,15,16). The van der Waals surface area contributed by atoms with E-state index in [1.807, 2.05) is 0 Å². The molecule has 1 N–H and O–H groups in total. The second kappa shape index (κ2) is 6.76. The molecule has 8 heteroatoms. The van der Waals surface area contributed by atoms with Crippen molar-refractivity contribution in [1.29, 1.82) is 0 Å². The molecule has 0 saturated heterocycles. The topological polar surface area (TPSA) is 72.5 Å². The van der Waals surface area contributed by atoms with E-state index in [0.717, 1.165) is 0 Å². The van der Waals surface area contributed by atoms with E-state index < -0.39 is 15.0 Å². The van der Waals surface area contributed by atoms with Gasteiger partial charge in [0.1, 0.15) is 0 Å². The molecule has 0 aliphatic heterocycles. The lowest BCUT2D eigenvalue weighted by Gasteiger charge is -2.15. The fourth-order valence-electron chi connectivity index (χ4n) is 1.62. The van der Waals surface area contributed by atoms with Gasteiger partial charge < -0.3 is 10.1 Å². The van der Waals surface area contributed by atoms with Crippen LogP contribution in [-0.2, 0) is 13.8 Å². The Labute approximate surface area is 127 Å². The minimum atomic E-state index is -3.95. The van der Waals surface area contributed by atoms with Gasteiger partial charge in [-0.15, -0.1) is 0 Å². The normalized spacial score (nSPS) is 13.1. The van der Waals surface area contributed by atoms with Crippen molar-refractivity contribution in [2.75, 3.05) is 13.7 Å². The van der Waals surface area contributed by atoms with E-state index in [-0.39, 0.29) is 21.5 Å². The number of benzene rings is 1. The monoisotopic (exact) mass is 339 g/mol. The molecule has 0 saturated carbocycles. The Morgan fingerprint density at radius 2 is 2.05 bits per heavy atom. The van der Waals surface area contributed by atoms with Gasteiger partial charge in [0, 0.05) is 34.4 Å². The molecule has 0 spiro atoms. The fraction of sp³-hybridized carbons (Fsp3) is 0.417. The minimum absolute atomic E-state index is 0.163. The number of nitrogens with one attached hydrogen (secondary N) is 1. The van der Waals surface area contributed by atoms with Crippen LogP contribution in [-0.4, -0.2) is 34.1 Å². The van der Waals surface area contributed by atoms with Gasteiger partial charge >= 0.3 is 0 Å². The lowest BCUT2D eigenvalue weighted by molar-refractivity contribution is 0.0904. The maximum atomic E-state index is 12.1. The Morgan fingerprint density at radius 1 is 1.45 bits per heavy atom. The summed E-state index contributed by atoms with van der Waals surface area (Å²) in [5.74, 6) is -0.434. The lowest BCUT2D eigenvalue weighted by atomic mass is 10.1. The van der Waals surface area contributed by atoms with Crippen molar-refractivity contribution in [1.82, 2.24) is 5.32 Å². The summed E-state index contributed by atoms with van der Waals surface area (Å²) in [6.45, 7) is 3.73. The maximum absolute atomic E-state index is 12.1. The van der Waals surface area contributed by atoms with E-state index in [0.29, 0.717) is 12.2 Å². The second-order valence-electron chi connectivity index (χ2n) is 4.35. The first-order valence-corrected chi connectivity index (χ1v) is 8.40. The maximum Gasteiger partial charge on any atom is 0.261 e. The van der Waals surface area contributed by atoms with Crippen LogP contribution in [0.5, 0.6) is 0 Å². The van der Waals surface area contributed by atoms with Crippen molar-refractivity contribution in [2.45, 2.75) is 24.8 Å². The number of hydrogen-bond donors (Lipinski definition) is 1. The number of carbonyl (C=O) groups excluding carboxylic acids is 1. The van der Waals surface area contributed by atoms with Gasteiger partial charge in [0.15, 0.2) is 0 Å². The summed E-state index contributed by atoms with van der Waals surface area (Å²) in [6, 6.07) is 2.20. The van der Waals surface area contributed by atoms with Crippen LogP contribution in [0, 0.1) is 6.92 Å². The molecule has 0 radical (unpaired) electrons. The Morgan fingerprint density at radius 3 is 2.55 bits per heavy atom. The molecule has 0 aliphatic rings. The van der Waals surface area contributed by atoms with Gasteiger partial charge in [0.25, 0.3) is 15.0 Å². The molecule has 1 aromatic carbocycles. The highest BCUT2D eigenvalue weighted by molar-refractivity contribution is 8.13. The van der Waals surface area contributed by atoms with Crippen molar-refractivity contribution in [3.63, 3.8) is 0 Å². The van der Waals surface area contributed by atoms with Crippen molar-refractivity contribution in [3.8, 4) is 0 Å². The van der Waals surface area contributed by atoms with E-state index in [2.05, 4.69) is 5.32 Å². The number of carbonyl (C=O) groups is 1. The Bertz CT molecular complexity index is 616. The van der Waals surface area contributed by atoms with Gasteiger partial charge in [-0.2, -0.15) is 0 Å². The quantitative estimate of drug-likeness (QED) is 0.835. The van der Waals surface area contributed by atoms with Gasteiger partial charge in [0.05, 0.1) is 11.5 Å². The van der Waals surface area contributed by atoms with Crippen LogP contribution >= 0.6 is 22.3 Å². The van der Waals surface area contributed by atoms with Gasteiger partial charge in [-0.3, -0.25) is 4.79 Å². The predicted molar refractivity (Wildman–Crippen MR) is 78.0 cm³/mol. The number of hydrogen-bond acceptors (Lipinski definition) is 4. The highest BCUT2D eigenvalue weighted by atomic mass is 35.7. The first-order valence-electron chi connectivity index (χ1n) is 5.71. The lowest BCUT2D eigenvalue weighted by Crippen LogP contribution is -2.36. The highest BCUT2D eigenvalue weighted by Crippen LogP contribution is 2.26. The number of methoxy groups -OCH3 is 1. The molecule has 0 fully saturated rings. The summed E-state index contributed by atoms with van der Waals surface area (Å²) in [6.07, 6.45) is 0. The zero-order valence-electron chi connectivity index (χ0n) is 11.2. The molecule has 1 rings (SSSR count). The molecule has 1 aromatic rings. The second-order valence-corrected chi connectivity index (χ2v) is 7.32. The highest BCUT2D eigenvalue weighted by Gasteiger charge is 2.19. The smallest absolute Gasteiger partial charge is 0.261 e. The molecule has 1 atom stereocenters. The third-order valence-electron chi connectivity index (χ3n) is 2.64. The van der Waals surface area contributed by atoms with Crippen molar-refractivity contribution >= 4 is 37.2 Å². The van der Waals surface area contributed by atoms with Crippen molar-refractivity contribution in [2.24, 2.45) is 0 Å². The molecule has 1 amide bonds. The number of ether oxygens (including phenoxy) is 1. The number of halogens is 2. The van der Waals surface area contributed by atoms with Crippen LogP contribution in [0.3, 0.4) is 0 Å². The van der Waals surface area contributed by atoms with E-state index >= 15 is 0 Å². The summed E-state index contributed by atoms with van der Waals surface area (Å²) in [7, 11) is 2.84. The average molecular weight is 340 g/mol. The molecular formula is C12H15Cl2NO4S. The van der Waals surface area contributed by atoms with Crippen molar-refractivity contribution in [3.05, 3.63) is 28.3 Å². The molecule has 5 nitrogen and oxygen atoms in total. The average Bonchev–Trinajstić information content (AvgIpc) is 2.31. The third-order valence-corrected chi connectivity index (χ3v) is 4.36.